The lowest BCUT2D eigenvalue weighted by molar-refractivity contribution is -0.189. The third kappa shape index (κ3) is 1.73. The van der Waals surface area contributed by atoms with Crippen LogP contribution in [0.15, 0.2) is 12.7 Å². The minimum atomic E-state index is -0.945. The van der Waals surface area contributed by atoms with E-state index in [9.17, 15) is 14.7 Å². The molecule has 2 aliphatic carbocycles. The van der Waals surface area contributed by atoms with E-state index in [0.29, 0.717) is 32.1 Å². The molecule has 5 heteroatoms. The molecule has 1 N–H and O–H groups in total. The molecule has 4 rings (SSSR count). The number of aliphatic hydroxyl groups is 1. The van der Waals surface area contributed by atoms with Gasteiger partial charge >= 0.3 is 11.9 Å². The lowest BCUT2D eigenvalue weighted by Gasteiger charge is -2.49. The summed E-state index contributed by atoms with van der Waals surface area (Å²) in [5, 5.41) is 10.5. The van der Waals surface area contributed by atoms with Crippen molar-refractivity contribution < 1.29 is 24.2 Å². The van der Waals surface area contributed by atoms with Crippen LogP contribution in [0.1, 0.15) is 32.1 Å². The first kappa shape index (κ1) is 11.7. The molecule has 5 nitrogen and oxygen atoms in total. The van der Waals surface area contributed by atoms with E-state index in [1.165, 1.54) is 0 Å². The number of hydrogen-bond donors (Lipinski definition) is 1. The lowest BCUT2D eigenvalue weighted by atomic mass is 9.63. The highest BCUT2D eigenvalue weighted by Crippen LogP contribution is 2.53. The van der Waals surface area contributed by atoms with Crippen LogP contribution in [-0.2, 0) is 19.1 Å². The van der Waals surface area contributed by atoms with Crippen molar-refractivity contribution in [2.24, 2.45) is 5.92 Å². The molecule has 2 heterocycles. The third-order valence-corrected chi connectivity index (χ3v) is 4.20. The summed E-state index contributed by atoms with van der Waals surface area (Å²) in [6, 6.07) is 0. The average Bonchev–Trinajstić information content (AvgIpc) is 2.38. The maximum atomic E-state index is 11.8. The van der Waals surface area contributed by atoms with Gasteiger partial charge in [0.25, 0.3) is 0 Å². The number of rotatable bonds is 2. The molecule has 0 aromatic rings. The third-order valence-electron chi connectivity index (χ3n) is 4.20. The minimum Gasteiger partial charge on any atom is -0.462 e. The van der Waals surface area contributed by atoms with Crippen molar-refractivity contribution >= 4 is 11.9 Å². The van der Waals surface area contributed by atoms with E-state index in [1.807, 2.05) is 0 Å². The maximum Gasteiger partial charge on any atom is 0.330 e. The Morgan fingerprint density at radius 1 is 1.44 bits per heavy atom. The van der Waals surface area contributed by atoms with Crippen molar-refractivity contribution in [3.8, 4) is 0 Å². The van der Waals surface area contributed by atoms with Gasteiger partial charge in [-0.15, -0.1) is 0 Å². The van der Waals surface area contributed by atoms with Crippen molar-refractivity contribution in [3.63, 3.8) is 0 Å². The molecule has 0 aromatic carbocycles. The van der Waals surface area contributed by atoms with Crippen LogP contribution in [0.4, 0.5) is 0 Å². The Hall–Kier alpha value is -1.36. The molecule has 4 bridgehead atoms. The Labute approximate surface area is 105 Å². The van der Waals surface area contributed by atoms with E-state index >= 15 is 0 Å². The molecular formula is C13H16O5. The summed E-state index contributed by atoms with van der Waals surface area (Å²) in [7, 11) is 0. The number of carbonyl (C=O) groups excluding carboxylic acids is 2. The highest BCUT2D eigenvalue weighted by atomic mass is 16.6. The Kier molecular flexibility index (Phi) is 2.32. The molecule has 98 valence electrons. The summed E-state index contributed by atoms with van der Waals surface area (Å²) in [6.45, 7) is 3.38. The van der Waals surface area contributed by atoms with Gasteiger partial charge in [0, 0.05) is 31.8 Å². The van der Waals surface area contributed by atoms with Gasteiger partial charge in [-0.25, -0.2) is 4.79 Å². The molecule has 2 aliphatic heterocycles. The quantitative estimate of drug-likeness (QED) is 0.578. The Balaban J connectivity index is 1.95. The highest BCUT2D eigenvalue weighted by Gasteiger charge is 2.60. The Bertz CT molecular complexity index is 431. The maximum absolute atomic E-state index is 11.8. The first-order chi connectivity index (χ1) is 8.44. The van der Waals surface area contributed by atoms with Crippen molar-refractivity contribution in [2.75, 3.05) is 0 Å². The SMILES string of the molecule is C=CC(=O)OC12CC3CC(O)(CC(C1)C(=O)O3)C2. The predicted octanol–water partition coefficient (Wildman–Crippen LogP) is 0.705. The van der Waals surface area contributed by atoms with Crippen molar-refractivity contribution in [3.05, 3.63) is 12.7 Å². The zero-order chi connectivity index (χ0) is 13.0. The van der Waals surface area contributed by atoms with E-state index in [0.717, 1.165) is 6.08 Å². The van der Waals surface area contributed by atoms with Crippen LogP contribution < -0.4 is 0 Å². The first-order valence-corrected chi connectivity index (χ1v) is 6.22. The minimum absolute atomic E-state index is 0.271. The molecule has 4 atom stereocenters. The monoisotopic (exact) mass is 252 g/mol. The summed E-state index contributed by atoms with van der Waals surface area (Å²) in [6.07, 6.45) is 2.95. The summed E-state index contributed by atoms with van der Waals surface area (Å²) < 4.78 is 10.8. The van der Waals surface area contributed by atoms with Gasteiger partial charge in [0.1, 0.15) is 11.7 Å². The summed E-state index contributed by atoms with van der Waals surface area (Å²) in [5.41, 5.74) is -1.71. The zero-order valence-electron chi connectivity index (χ0n) is 10.1. The van der Waals surface area contributed by atoms with Gasteiger partial charge in [0.2, 0.25) is 0 Å². The van der Waals surface area contributed by atoms with E-state index in [-0.39, 0.29) is 18.0 Å². The van der Waals surface area contributed by atoms with Crippen LogP contribution in [-0.4, -0.2) is 34.4 Å². The van der Waals surface area contributed by atoms with E-state index in [1.54, 1.807) is 0 Å². The fourth-order valence-corrected chi connectivity index (χ4v) is 3.83. The molecule has 2 saturated carbocycles. The Morgan fingerprint density at radius 2 is 2.22 bits per heavy atom. The molecule has 0 radical (unpaired) electrons. The number of ether oxygens (including phenoxy) is 2. The fourth-order valence-electron chi connectivity index (χ4n) is 3.83. The summed E-state index contributed by atoms with van der Waals surface area (Å²) in [5.74, 6) is -1.14. The number of esters is 2. The summed E-state index contributed by atoms with van der Waals surface area (Å²) >= 11 is 0. The van der Waals surface area contributed by atoms with Gasteiger partial charge in [-0.3, -0.25) is 4.79 Å². The van der Waals surface area contributed by atoms with Crippen LogP contribution in [0.2, 0.25) is 0 Å². The van der Waals surface area contributed by atoms with Gasteiger partial charge in [0.05, 0.1) is 11.5 Å². The molecule has 2 saturated heterocycles. The fraction of sp³-hybridized carbons (Fsp3) is 0.692. The van der Waals surface area contributed by atoms with Gasteiger partial charge in [-0.05, 0) is 6.42 Å². The highest BCUT2D eigenvalue weighted by molar-refractivity contribution is 5.82. The van der Waals surface area contributed by atoms with Gasteiger partial charge in [0.15, 0.2) is 0 Å². The van der Waals surface area contributed by atoms with Gasteiger partial charge in [-0.2, -0.15) is 0 Å². The van der Waals surface area contributed by atoms with Crippen LogP contribution in [0.25, 0.3) is 0 Å². The van der Waals surface area contributed by atoms with E-state index in [2.05, 4.69) is 6.58 Å². The second-order valence-corrected chi connectivity index (χ2v) is 5.78. The standard InChI is InChI=1S/C13H16O5/c1-2-10(14)18-13-4-8-3-12(16,7-13)5-9(6-13)17-11(8)15/h2,8-9,16H,1,3-7H2. The molecule has 4 aliphatic rings. The van der Waals surface area contributed by atoms with Crippen molar-refractivity contribution in [2.45, 2.75) is 49.4 Å². The van der Waals surface area contributed by atoms with Crippen LogP contribution in [0.3, 0.4) is 0 Å². The van der Waals surface area contributed by atoms with Crippen LogP contribution in [0, 0.1) is 5.92 Å². The van der Waals surface area contributed by atoms with Gasteiger partial charge < -0.3 is 14.6 Å². The molecule has 0 amide bonds. The molecule has 4 fully saturated rings. The largest absolute Gasteiger partial charge is 0.462 e. The molecular weight excluding hydrogens is 236 g/mol. The number of hydrogen-bond acceptors (Lipinski definition) is 5. The molecule has 0 aromatic heterocycles. The first-order valence-electron chi connectivity index (χ1n) is 6.22. The van der Waals surface area contributed by atoms with E-state index < -0.39 is 17.2 Å². The van der Waals surface area contributed by atoms with E-state index in [4.69, 9.17) is 9.47 Å². The topological polar surface area (TPSA) is 72.8 Å². The van der Waals surface area contributed by atoms with Crippen LogP contribution >= 0.6 is 0 Å². The summed E-state index contributed by atoms with van der Waals surface area (Å²) in [4.78, 5) is 23.3. The smallest absolute Gasteiger partial charge is 0.330 e. The number of carbonyl (C=O) groups is 2. The second kappa shape index (κ2) is 3.57. The predicted molar refractivity (Wildman–Crippen MR) is 60.4 cm³/mol. The van der Waals surface area contributed by atoms with Crippen molar-refractivity contribution in [1.82, 2.24) is 0 Å². The lowest BCUT2D eigenvalue weighted by Crippen LogP contribution is -2.56. The molecule has 0 spiro atoms. The normalized spacial score (nSPS) is 45.3. The Morgan fingerprint density at radius 3 is 2.94 bits per heavy atom. The average molecular weight is 252 g/mol. The molecule has 4 unspecified atom stereocenters. The van der Waals surface area contributed by atoms with Gasteiger partial charge in [-0.1, -0.05) is 6.58 Å². The molecule has 18 heavy (non-hydrogen) atoms. The van der Waals surface area contributed by atoms with Crippen LogP contribution in [0.5, 0.6) is 0 Å². The van der Waals surface area contributed by atoms with Crippen molar-refractivity contribution in [1.29, 1.82) is 0 Å². The second-order valence-electron chi connectivity index (χ2n) is 5.78. The number of fused-ring (bicyclic) bond motifs is 1. The zero-order valence-corrected chi connectivity index (χ0v) is 10.1.